The molecule has 0 aliphatic carbocycles. The van der Waals surface area contributed by atoms with Gasteiger partial charge in [0.05, 0.1) is 0 Å². The van der Waals surface area contributed by atoms with Gasteiger partial charge in [-0.2, -0.15) is 0 Å². The molecule has 0 rings (SSSR count). The number of allylic oxidation sites excluding steroid dienone is 2. The summed E-state index contributed by atoms with van der Waals surface area (Å²) in [6, 6.07) is 0. The summed E-state index contributed by atoms with van der Waals surface area (Å²) in [6.07, 6.45) is 82.5. The van der Waals surface area contributed by atoms with Crippen molar-refractivity contribution in [2.75, 3.05) is 13.2 Å². The van der Waals surface area contributed by atoms with Gasteiger partial charge in [-0.1, -0.05) is 367 Å². The van der Waals surface area contributed by atoms with Gasteiger partial charge in [0.15, 0.2) is 6.10 Å². The van der Waals surface area contributed by atoms with Gasteiger partial charge in [-0.05, 0) is 44.9 Å². The van der Waals surface area contributed by atoms with Crippen molar-refractivity contribution >= 4 is 17.9 Å². The third-order valence-corrected chi connectivity index (χ3v) is 16.8. The minimum Gasteiger partial charge on any atom is -0.462 e. The van der Waals surface area contributed by atoms with Crippen LogP contribution < -0.4 is 0 Å². The van der Waals surface area contributed by atoms with Gasteiger partial charge in [0.25, 0.3) is 0 Å². The van der Waals surface area contributed by atoms with Crippen molar-refractivity contribution in [3.8, 4) is 0 Å². The van der Waals surface area contributed by atoms with Crippen LogP contribution in [0.5, 0.6) is 0 Å². The highest BCUT2D eigenvalue weighted by molar-refractivity contribution is 5.71. The monoisotopic (exact) mass is 1110 g/mol. The van der Waals surface area contributed by atoms with Crippen molar-refractivity contribution in [1.82, 2.24) is 0 Å². The molecule has 468 valence electrons. The molecular weight excluding hydrogens is 973 g/mol. The maximum absolute atomic E-state index is 12.9. The minimum absolute atomic E-state index is 0.0619. The van der Waals surface area contributed by atoms with E-state index in [0.717, 1.165) is 57.8 Å². The molecule has 0 aliphatic rings. The first-order valence-corrected chi connectivity index (χ1v) is 36.2. The highest BCUT2D eigenvalue weighted by Crippen LogP contribution is 2.19. The number of carbonyl (C=O) groups excluding carboxylic acids is 3. The maximum Gasteiger partial charge on any atom is 0.306 e. The molecule has 0 N–H and O–H groups in total. The molecule has 0 radical (unpaired) electrons. The summed E-state index contributed by atoms with van der Waals surface area (Å²) in [5.74, 6) is -0.824. The fourth-order valence-corrected chi connectivity index (χ4v) is 11.3. The van der Waals surface area contributed by atoms with Crippen LogP contribution in [0.3, 0.4) is 0 Å². The largest absolute Gasteiger partial charge is 0.462 e. The van der Waals surface area contributed by atoms with Crippen LogP contribution in [0.15, 0.2) is 12.2 Å². The maximum atomic E-state index is 12.9. The third kappa shape index (κ3) is 66.8. The van der Waals surface area contributed by atoms with E-state index in [1.54, 1.807) is 0 Å². The fraction of sp³-hybridized carbons (Fsp3) is 0.932. The van der Waals surface area contributed by atoms with Crippen molar-refractivity contribution in [1.29, 1.82) is 0 Å². The van der Waals surface area contributed by atoms with Gasteiger partial charge < -0.3 is 14.2 Å². The quantitative estimate of drug-likeness (QED) is 0.0261. The molecule has 0 aromatic rings. The lowest BCUT2D eigenvalue weighted by atomic mass is 10.0. The molecule has 0 aromatic carbocycles. The first-order valence-electron chi connectivity index (χ1n) is 36.2. The van der Waals surface area contributed by atoms with E-state index < -0.39 is 6.10 Å². The van der Waals surface area contributed by atoms with Crippen LogP contribution in [0.25, 0.3) is 0 Å². The fourth-order valence-electron chi connectivity index (χ4n) is 11.3. The van der Waals surface area contributed by atoms with Crippen LogP contribution in [-0.4, -0.2) is 37.2 Å². The van der Waals surface area contributed by atoms with Gasteiger partial charge >= 0.3 is 17.9 Å². The van der Waals surface area contributed by atoms with E-state index in [9.17, 15) is 14.4 Å². The Bertz CT molecular complexity index is 1230. The third-order valence-electron chi connectivity index (χ3n) is 16.8. The summed E-state index contributed by atoms with van der Waals surface area (Å²) in [5, 5.41) is 0. The SMILES string of the molecule is CCCCCCCCCC/C=C\CCCCCCCCCCCCCCCCCCCC(=O)OCC(COC(=O)CCCCCCCCCCCCCCCC)OC(=O)CCCCCCCCCCCCCCCCCCCC. The van der Waals surface area contributed by atoms with E-state index >= 15 is 0 Å². The molecule has 0 bridgehead atoms. The van der Waals surface area contributed by atoms with Crippen molar-refractivity contribution in [2.45, 2.75) is 425 Å². The second-order valence-electron chi connectivity index (χ2n) is 24.9. The number of hydrogen-bond acceptors (Lipinski definition) is 6. The smallest absolute Gasteiger partial charge is 0.306 e. The summed E-state index contributed by atoms with van der Waals surface area (Å²) >= 11 is 0. The second kappa shape index (κ2) is 68.6. The van der Waals surface area contributed by atoms with E-state index in [-0.39, 0.29) is 31.1 Å². The number of hydrogen-bond donors (Lipinski definition) is 0. The Labute approximate surface area is 494 Å². The van der Waals surface area contributed by atoms with E-state index in [2.05, 4.69) is 32.9 Å². The standard InChI is InChI=1S/C73H140O6/c1-4-7-10-13-16-19-22-25-28-30-32-33-34-35-36-37-38-39-40-41-42-44-45-48-51-54-57-60-63-66-72(75)78-69-70(68-77-71(74)65-62-59-56-53-50-47-27-24-21-18-15-12-9-6-3)79-73(76)67-64-61-58-55-52-49-46-43-31-29-26-23-20-17-14-11-8-5-2/h30,32,70H,4-29,31,33-69H2,1-3H3/b32-30-. The van der Waals surface area contributed by atoms with Gasteiger partial charge in [-0.25, -0.2) is 0 Å². The number of esters is 3. The predicted molar refractivity (Wildman–Crippen MR) is 344 cm³/mol. The molecule has 0 amide bonds. The number of unbranched alkanes of at least 4 members (excludes halogenated alkanes) is 55. The Morgan fingerprint density at radius 1 is 0.241 bits per heavy atom. The summed E-state index contributed by atoms with van der Waals surface area (Å²) in [6.45, 7) is 6.73. The Morgan fingerprint density at radius 2 is 0.418 bits per heavy atom. The van der Waals surface area contributed by atoms with Gasteiger partial charge in [-0.15, -0.1) is 0 Å². The van der Waals surface area contributed by atoms with Crippen LogP contribution >= 0.6 is 0 Å². The van der Waals surface area contributed by atoms with Crippen molar-refractivity contribution in [3.05, 3.63) is 12.2 Å². The Morgan fingerprint density at radius 3 is 0.633 bits per heavy atom. The molecule has 6 heteroatoms. The lowest BCUT2D eigenvalue weighted by Gasteiger charge is -2.18. The molecule has 0 saturated heterocycles. The Hall–Kier alpha value is -1.85. The molecule has 0 aliphatic heterocycles. The predicted octanol–water partition coefficient (Wildman–Crippen LogP) is 24.8. The molecule has 1 atom stereocenters. The average molecular weight is 1110 g/mol. The number of carbonyl (C=O) groups is 3. The topological polar surface area (TPSA) is 78.9 Å². The molecule has 0 aromatic heterocycles. The molecule has 6 nitrogen and oxygen atoms in total. The molecule has 0 fully saturated rings. The lowest BCUT2D eigenvalue weighted by molar-refractivity contribution is -0.167. The second-order valence-corrected chi connectivity index (χ2v) is 24.9. The summed E-state index contributed by atoms with van der Waals surface area (Å²) in [5.41, 5.74) is 0. The molecular formula is C73H140O6. The van der Waals surface area contributed by atoms with Crippen molar-refractivity contribution < 1.29 is 28.6 Å². The van der Waals surface area contributed by atoms with Crippen LogP contribution in [0, 0.1) is 0 Å². The van der Waals surface area contributed by atoms with Crippen molar-refractivity contribution in [3.63, 3.8) is 0 Å². The van der Waals surface area contributed by atoms with E-state index in [0.29, 0.717) is 19.3 Å². The summed E-state index contributed by atoms with van der Waals surface area (Å²) < 4.78 is 17.0. The van der Waals surface area contributed by atoms with Crippen LogP contribution in [-0.2, 0) is 28.6 Å². The Balaban J connectivity index is 4.16. The van der Waals surface area contributed by atoms with Crippen LogP contribution in [0.1, 0.15) is 419 Å². The molecule has 0 saturated carbocycles. The van der Waals surface area contributed by atoms with Gasteiger partial charge in [0.1, 0.15) is 13.2 Å². The van der Waals surface area contributed by atoms with Gasteiger partial charge in [0.2, 0.25) is 0 Å². The van der Waals surface area contributed by atoms with E-state index in [1.807, 2.05) is 0 Å². The lowest BCUT2D eigenvalue weighted by Crippen LogP contribution is -2.30. The summed E-state index contributed by atoms with van der Waals surface area (Å²) in [4.78, 5) is 38.4. The van der Waals surface area contributed by atoms with E-state index in [4.69, 9.17) is 14.2 Å². The van der Waals surface area contributed by atoms with Gasteiger partial charge in [-0.3, -0.25) is 14.4 Å². The molecule has 0 spiro atoms. The Kier molecular flexibility index (Phi) is 67.0. The van der Waals surface area contributed by atoms with Crippen LogP contribution in [0.2, 0.25) is 0 Å². The van der Waals surface area contributed by atoms with Crippen LogP contribution in [0.4, 0.5) is 0 Å². The molecule has 0 heterocycles. The average Bonchev–Trinajstić information content (AvgIpc) is 3.45. The number of ether oxygens (including phenoxy) is 3. The highest BCUT2D eigenvalue weighted by atomic mass is 16.6. The van der Waals surface area contributed by atoms with Crippen molar-refractivity contribution in [2.24, 2.45) is 0 Å². The van der Waals surface area contributed by atoms with E-state index in [1.165, 1.54) is 321 Å². The highest BCUT2D eigenvalue weighted by Gasteiger charge is 2.20. The zero-order chi connectivity index (χ0) is 57.1. The molecule has 79 heavy (non-hydrogen) atoms. The summed E-state index contributed by atoms with van der Waals surface area (Å²) in [7, 11) is 0. The molecule has 1 unspecified atom stereocenters. The zero-order valence-electron chi connectivity index (χ0n) is 53.9. The van der Waals surface area contributed by atoms with Gasteiger partial charge in [0, 0.05) is 19.3 Å². The first kappa shape index (κ1) is 77.2. The first-order chi connectivity index (χ1) is 39.0. The minimum atomic E-state index is -0.765. The zero-order valence-corrected chi connectivity index (χ0v) is 53.9. The normalized spacial score (nSPS) is 12.0. The number of rotatable bonds is 68.